The number of pyridine rings is 1. The average molecular weight is 283 g/mol. The minimum absolute atomic E-state index is 0.686. The summed E-state index contributed by atoms with van der Waals surface area (Å²) in [5.41, 5.74) is 4.91. The lowest BCUT2D eigenvalue weighted by Crippen LogP contribution is -1.89. The van der Waals surface area contributed by atoms with Gasteiger partial charge in [-0.2, -0.15) is 0 Å². The quantitative estimate of drug-likeness (QED) is 0.388. The molecule has 0 bridgehead atoms. The van der Waals surface area contributed by atoms with Crippen molar-refractivity contribution in [3.63, 3.8) is 0 Å². The van der Waals surface area contributed by atoms with E-state index in [1.165, 1.54) is 5.56 Å². The SMILES string of the molecule is O=Cc1ccc(-c2c3ccccc3nc3ccccc23)cc1. The number of hydrogen-bond acceptors (Lipinski definition) is 2. The summed E-state index contributed by atoms with van der Waals surface area (Å²) in [6.07, 6.45) is 0.868. The van der Waals surface area contributed by atoms with Gasteiger partial charge in [0.25, 0.3) is 0 Å². The van der Waals surface area contributed by atoms with Crippen LogP contribution >= 0.6 is 0 Å². The predicted molar refractivity (Wildman–Crippen MR) is 90.1 cm³/mol. The van der Waals surface area contributed by atoms with E-state index in [9.17, 15) is 4.79 Å². The number of aromatic nitrogens is 1. The first-order chi connectivity index (χ1) is 10.9. The van der Waals surface area contributed by atoms with Crippen LogP contribution in [0.4, 0.5) is 0 Å². The molecule has 0 atom stereocenters. The van der Waals surface area contributed by atoms with Gasteiger partial charge in [-0.1, -0.05) is 60.7 Å². The molecule has 3 aromatic carbocycles. The van der Waals surface area contributed by atoms with Gasteiger partial charge in [-0.05, 0) is 17.7 Å². The Labute approximate surface area is 128 Å². The van der Waals surface area contributed by atoms with Crippen molar-refractivity contribution in [2.75, 3.05) is 0 Å². The number of carbonyl (C=O) groups is 1. The van der Waals surface area contributed by atoms with Crippen LogP contribution in [-0.4, -0.2) is 11.3 Å². The van der Waals surface area contributed by atoms with Crippen LogP contribution in [0, 0.1) is 0 Å². The lowest BCUT2D eigenvalue weighted by Gasteiger charge is -2.11. The van der Waals surface area contributed by atoms with Gasteiger partial charge in [-0.15, -0.1) is 0 Å². The molecule has 0 aliphatic heterocycles. The molecule has 0 aliphatic carbocycles. The second kappa shape index (κ2) is 5.08. The highest BCUT2D eigenvalue weighted by atomic mass is 16.1. The van der Waals surface area contributed by atoms with Gasteiger partial charge in [0.05, 0.1) is 11.0 Å². The fourth-order valence-electron chi connectivity index (χ4n) is 2.88. The van der Waals surface area contributed by atoms with E-state index in [-0.39, 0.29) is 0 Å². The molecule has 0 fully saturated rings. The van der Waals surface area contributed by atoms with Gasteiger partial charge in [0.15, 0.2) is 0 Å². The number of benzene rings is 3. The zero-order valence-corrected chi connectivity index (χ0v) is 11.9. The van der Waals surface area contributed by atoms with Crippen molar-refractivity contribution in [3.05, 3.63) is 78.4 Å². The minimum atomic E-state index is 0.686. The Bertz CT molecular complexity index is 933. The Kier molecular flexibility index (Phi) is 2.94. The molecule has 22 heavy (non-hydrogen) atoms. The fourth-order valence-corrected chi connectivity index (χ4v) is 2.88. The summed E-state index contributed by atoms with van der Waals surface area (Å²) < 4.78 is 0. The van der Waals surface area contributed by atoms with E-state index in [1.807, 2.05) is 60.7 Å². The van der Waals surface area contributed by atoms with Gasteiger partial charge in [0, 0.05) is 21.9 Å². The summed E-state index contributed by atoms with van der Waals surface area (Å²) in [6.45, 7) is 0. The molecule has 0 saturated heterocycles. The zero-order chi connectivity index (χ0) is 14.9. The van der Waals surface area contributed by atoms with Crippen LogP contribution in [0.25, 0.3) is 32.9 Å². The number of hydrogen-bond donors (Lipinski definition) is 0. The summed E-state index contributed by atoms with van der Waals surface area (Å²) in [5.74, 6) is 0. The molecule has 0 radical (unpaired) electrons. The molecule has 2 heteroatoms. The first-order valence-corrected chi connectivity index (χ1v) is 7.20. The largest absolute Gasteiger partial charge is 0.298 e. The van der Waals surface area contributed by atoms with Crippen LogP contribution in [0.5, 0.6) is 0 Å². The standard InChI is InChI=1S/C20H13NO/c22-13-14-9-11-15(12-10-14)20-16-5-1-3-7-18(16)21-19-8-4-2-6-17(19)20/h1-13H. The minimum Gasteiger partial charge on any atom is -0.298 e. The summed E-state index contributed by atoms with van der Waals surface area (Å²) in [5, 5.41) is 2.25. The Balaban J connectivity index is 2.13. The lowest BCUT2D eigenvalue weighted by molar-refractivity contribution is 0.112. The van der Waals surface area contributed by atoms with Crippen LogP contribution in [0.15, 0.2) is 72.8 Å². The van der Waals surface area contributed by atoms with Crippen molar-refractivity contribution >= 4 is 28.1 Å². The van der Waals surface area contributed by atoms with Crippen LogP contribution in [0.1, 0.15) is 10.4 Å². The molecule has 0 unspecified atom stereocenters. The molecule has 0 amide bonds. The predicted octanol–water partition coefficient (Wildman–Crippen LogP) is 4.87. The van der Waals surface area contributed by atoms with Crippen LogP contribution < -0.4 is 0 Å². The highest BCUT2D eigenvalue weighted by Crippen LogP contribution is 2.34. The Hall–Kier alpha value is -3.00. The highest BCUT2D eigenvalue weighted by Gasteiger charge is 2.10. The Morgan fingerprint density at radius 1 is 0.682 bits per heavy atom. The maximum Gasteiger partial charge on any atom is 0.150 e. The molecule has 104 valence electrons. The van der Waals surface area contributed by atoms with Gasteiger partial charge >= 0.3 is 0 Å². The summed E-state index contributed by atoms with van der Waals surface area (Å²) in [6, 6.07) is 24.0. The van der Waals surface area contributed by atoms with Crippen LogP contribution in [0.2, 0.25) is 0 Å². The van der Waals surface area contributed by atoms with E-state index in [2.05, 4.69) is 12.1 Å². The van der Waals surface area contributed by atoms with Crippen molar-refractivity contribution in [3.8, 4) is 11.1 Å². The summed E-state index contributed by atoms with van der Waals surface area (Å²) >= 11 is 0. The van der Waals surface area contributed by atoms with Crippen LogP contribution in [0.3, 0.4) is 0 Å². The Morgan fingerprint density at radius 3 is 1.77 bits per heavy atom. The van der Waals surface area contributed by atoms with E-state index in [1.54, 1.807) is 0 Å². The Morgan fingerprint density at radius 2 is 1.23 bits per heavy atom. The topological polar surface area (TPSA) is 30.0 Å². The monoisotopic (exact) mass is 283 g/mol. The number of para-hydroxylation sites is 2. The number of rotatable bonds is 2. The molecular formula is C20H13NO. The molecule has 0 saturated carbocycles. The maximum absolute atomic E-state index is 10.9. The second-order valence-corrected chi connectivity index (χ2v) is 5.26. The molecule has 0 aliphatic rings. The third kappa shape index (κ3) is 1.97. The molecule has 4 aromatic rings. The molecule has 4 rings (SSSR count). The summed E-state index contributed by atoms with van der Waals surface area (Å²) in [4.78, 5) is 15.6. The normalized spacial score (nSPS) is 10.9. The number of carbonyl (C=O) groups excluding carboxylic acids is 1. The van der Waals surface area contributed by atoms with Gasteiger partial charge in [0.1, 0.15) is 6.29 Å². The molecule has 0 N–H and O–H groups in total. The lowest BCUT2D eigenvalue weighted by atomic mass is 9.95. The van der Waals surface area contributed by atoms with Crippen molar-refractivity contribution in [1.82, 2.24) is 4.98 Å². The van der Waals surface area contributed by atoms with E-state index >= 15 is 0 Å². The van der Waals surface area contributed by atoms with Gasteiger partial charge in [-0.3, -0.25) is 4.79 Å². The molecule has 2 nitrogen and oxygen atoms in total. The first kappa shape index (κ1) is 12.7. The fraction of sp³-hybridized carbons (Fsp3) is 0. The number of nitrogens with zero attached hydrogens (tertiary/aromatic N) is 1. The van der Waals surface area contributed by atoms with Crippen LogP contribution in [-0.2, 0) is 0 Å². The molecular weight excluding hydrogens is 270 g/mol. The van der Waals surface area contributed by atoms with Crippen molar-refractivity contribution in [1.29, 1.82) is 0 Å². The third-order valence-corrected chi connectivity index (χ3v) is 3.92. The smallest absolute Gasteiger partial charge is 0.150 e. The molecule has 1 heterocycles. The van der Waals surface area contributed by atoms with Gasteiger partial charge in [0.2, 0.25) is 0 Å². The zero-order valence-electron chi connectivity index (χ0n) is 11.9. The van der Waals surface area contributed by atoms with Crippen molar-refractivity contribution < 1.29 is 4.79 Å². The molecule has 0 spiro atoms. The molecule has 1 aromatic heterocycles. The van der Waals surface area contributed by atoms with E-state index in [0.717, 1.165) is 33.7 Å². The number of aldehydes is 1. The second-order valence-electron chi connectivity index (χ2n) is 5.26. The van der Waals surface area contributed by atoms with Gasteiger partial charge < -0.3 is 0 Å². The highest BCUT2D eigenvalue weighted by molar-refractivity contribution is 6.09. The first-order valence-electron chi connectivity index (χ1n) is 7.20. The maximum atomic E-state index is 10.9. The summed E-state index contributed by atoms with van der Waals surface area (Å²) in [7, 11) is 0. The average Bonchev–Trinajstić information content (AvgIpc) is 2.60. The third-order valence-electron chi connectivity index (χ3n) is 3.92. The van der Waals surface area contributed by atoms with E-state index < -0.39 is 0 Å². The van der Waals surface area contributed by atoms with Crippen molar-refractivity contribution in [2.45, 2.75) is 0 Å². The van der Waals surface area contributed by atoms with Gasteiger partial charge in [-0.25, -0.2) is 4.98 Å². The van der Waals surface area contributed by atoms with E-state index in [4.69, 9.17) is 4.98 Å². The van der Waals surface area contributed by atoms with Crippen molar-refractivity contribution in [2.24, 2.45) is 0 Å². The van der Waals surface area contributed by atoms with E-state index in [0.29, 0.717) is 5.56 Å². The number of fused-ring (bicyclic) bond motifs is 2.